The number of pyridine rings is 1. The Bertz CT molecular complexity index is 1480. The van der Waals surface area contributed by atoms with Crippen molar-refractivity contribution in [1.29, 1.82) is 5.26 Å². The van der Waals surface area contributed by atoms with Crippen LogP contribution in [0.15, 0.2) is 73.1 Å². The minimum atomic E-state index is -4.00. The van der Waals surface area contributed by atoms with Gasteiger partial charge in [-0.1, -0.05) is 18.2 Å². The number of alkyl halides is 3. The SMILES string of the molecule is CC(C)(C#N)c1cccc(C(=O)Nc2cccc(Oc3ccc4nc(NC=O)cn4c3)c2)c1.CC(F)(F)F. The first-order valence-corrected chi connectivity index (χ1v) is 11.2. The fourth-order valence-electron chi connectivity index (χ4n) is 3.25. The predicted molar refractivity (Wildman–Crippen MR) is 136 cm³/mol. The summed E-state index contributed by atoms with van der Waals surface area (Å²) in [5, 5.41) is 14.7. The van der Waals surface area contributed by atoms with Gasteiger partial charge in [-0.2, -0.15) is 18.4 Å². The predicted octanol–water partition coefficient (Wildman–Crippen LogP) is 6.32. The maximum absolute atomic E-state index is 12.8. The minimum Gasteiger partial charge on any atom is -0.456 e. The molecule has 0 spiro atoms. The summed E-state index contributed by atoms with van der Waals surface area (Å²) in [6, 6.07) is 19.9. The van der Waals surface area contributed by atoms with Crippen LogP contribution in [0.25, 0.3) is 5.65 Å². The Hall–Kier alpha value is -4.85. The Kier molecular flexibility index (Phi) is 8.37. The molecule has 0 radical (unpaired) electrons. The van der Waals surface area contributed by atoms with Gasteiger partial charge in [-0.05, 0) is 55.8 Å². The molecule has 11 heteroatoms. The fourth-order valence-corrected chi connectivity index (χ4v) is 3.25. The van der Waals surface area contributed by atoms with Crippen molar-refractivity contribution in [3.05, 3.63) is 84.2 Å². The molecule has 8 nitrogen and oxygen atoms in total. The van der Waals surface area contributed by atoms with E-state index in [9.17, 15) is 28.0 Å². The van der Waals surface area contributed by atoms with Crippen LogP contribution in [0.4, 0.5) is 24.7 Å². The molecule has 196 valence electrons. The fraction of sp³-hybridized carbons (Fsp3) is 0.185. The zero-order valence-electron chi connectivity index (χ0n) is 20.7. The lowest BCUT2D eigenvalue weighted by Crippen LogP contribution is -2.17. The molecule has 0 atom stereocenters. The third-order valence-electron chi connectivity index (χ3n) is 5.08. The summed E-state index contributed by atoms with van der Waals surface area (Å²) in [4.78, 5) is 27.6. The minimum absolute atomic E-state index is 0.188. The number of carbonyl (C=O) groups excluding carboxylic acids is 2. The van der Waals surface area contributed by atoms with Gasteiger partial charge in [0.1, 0.15) is 17.1 Å². The Morgan fingerprint density at radius 3 is 2.42 bits per heavy atom. The molecule has 0 aliphatic rings. The number of hydrogen-bond donors (Lipinski definition) is 2. The van der Waals surface area contributed by atoms with E-state index in [1.807, 2.05) is 19.9 Å². The van der Waals surface area contributed by atoms with Gasteiger partial charge < -0.3 is 19.8 Å². The number of nitrogens with one attached hydrogen (secondary N) is 2. The zero-order chi connectivity index (χ0) is 27.9. The van der Waals surface area contributed by atoms with E-state index in [2.05, 4.69) is 21.7 Å². The third-order valence-corrected chi connectivity index (χ3v) is 5.08. The van der Waals surface area contributed by atoms with Crippen LogP contribution in [0.5, 0.6) is 11.5 Å². The second-order valence-electron chi connectivity index (χ2n) is 8.70. The van der Waals surface area contributed by atoms with E-state index in [0.717, 1.165) is 5.56 Å². The third kappa shape index (κ3) is 7.83. The van der Waals surface area contributed by atoms with Crippen molar-refractivity contribution in [3.63, 3.8) is 0 Å². The molecule has 2 amide bonds. The van der Waals surface area contributed by atoms with Crippen molar-refractivity contribution in [2.45, 2.75) is 32.4 Å². The Labute approximate surface area is 216 Å². The highest BCUT2D eigenvalue weighted by atomic mass is 19.4. The molecule has 2 aromatic carbocycles. The van der Waals surface area contributed by atoms with E-state index in [1.165, 1.54) is 0 Å². The van der Waals surface area contributed by atoms with Crippen molar-refractivity contribution in [2.75, 3.05) is 10.6 Å². The van der Waals surface area contributed by atoms with Gasteiger partial charge in [-0.15, -0.1) is 0 Å². The lowest BCUT2D eigenvalue weighted by molar-refractivity contribution is -0.110. The van der Waals surface area contributed by atoms with Crippen LogP contribution in [0.1, 0.15) is 36.7 Å². The van der Waals surface area contributed by atoms with Crippen molar-refractivity contribution >= 4 is 29.5 Å². The van der Waals surface area contributed by atoms with Crippen LogP contribution in [0.3, 0.4) is 0 Å². The largest absolute Gasteiger partial charge is 0.456 e. The number of halogens is 3. The van der Waals surface area contributed by atoms with Crippen LogP contribution >= 0.6 is 0 Å². The van der Waals surface area contributed by atoms with Crippen molar-refractivity contribution in [2.24, 2.45) is 0 Å². The number of aromatic nitrogens is 2. The molecule has 0 fully saturated rings. The highest BCUT2D eigenvalue weighted by Crippen LogP contribution is 2.26. The second-order valence-corrected chi connectivity index (χ2v) is 8.70. The molecule has 4 aromatic rings. The summed E-state index contributed by atoms with van der Waals surface area (Å²) in [6.45, 7) is 3.81. The Balaban J connectivity index is 0.000000732. The average molecular weight is 524 g/mol. The van der Waals surface area contributed by atoms with Gasteiger partial charge in [0.25, 0.3) is 5.91 Å². The Morgan fingerprint density at radius 2 is 1.74 bits per heavy atom. The molecule has 2 N–H and O–H groups in total. The van der Waals surface area contributed by atoms with Gasteiger partial charge in [0.15, 0.2) is 5.82 Å². The highest BCUT2D eigenvalue weighted by Gasteiger charge is 2.21. The number of nitrogens with zero attached hydrogens (tertiary/aromatic N) is 3. The molecular weight excluding hydrogens is 499 g/mol. The summed E-state index contributed by atoms with van der Waals surface area (Å²) in [5.74, 6) is 1.26. The van der Waals surface area contributed by atoms with Crippen molar-refractivity contribution in [3.8, 4) is 17.6 Å². The first kappa shape index (κ1) is 27.7. The molecule has 0 unspecified atom stereocenters. The molecule has 0 aliphatic heterocycles. The number of ether oxygens (including phenoxy) is 1. The van der Waals surface area contributed by atoms with Crippen LogP contribution in [0.2, 0.25) is 0 Å². The summed E-state index contributed by atoms with van der Waals surface area (Å²) in [6.07, 6.45) is -0.0133. The number of anilines is 2. The molecule has 0 bridgehead atoms. The standard InChI is InChI=1S/C25H21N5O3.C2H3F3/c1-25(2,15-26)18-6-3-5-17(11-18)24(32)28-19-7-4-8-20(12-19)33-21-9-10-23-29-22(27-16-31)14-30(23)13-21;1-2(3,4)5/h3-14,16H,1-2H3,(H,27,31)(H,28,32);1H3. The van der Waals surface area contributed by atoms with Gasteiger partial charge in [0.05, 0.1) is 23.9 Å². The summed E-state index contributed by atoms with van der Waals surface area (Å²) >= 11 is 0. The molecule has 0 saturated heterocycles. The molecule has 4 rings (SSSR count). The van der Waals surface area contributed by atoms with Crippen LogP contribution < -0.4 is 15.4 Å². The topological polar surface area (TPSA) is 109 Å². The van der Waals surface area contributed by atoms with Gasteiger partial charge >= 0.3 is 6.18 Å². The number of benzene rings is 2. The summed E-state index contributed by atoms with van der Waals surface area (Å²) in [5.41, 5.74) is 1.78. The van der Waals surface area contributed by atoms with Crippen LogP contribution in [-0.4, -0.2) is 27.9 Å². The van der Waals surface area contributed by atoms with E-state index < -0.39 is 11.6 Å². The maximum Gasteiger partial charge on any atom is 0.386 e. The van der Waals surface area contributed by atoms with Gasteiger partial charge in [0.2, 0.25) is 6.41 Å². The van der Waals surface area contributed by atoms with Crippen molar-refractivity contribution < 1.29 is 27.5 Å². The van der Waals surface area contributed by atoms with E-state index in [4.69, 9.17) is 4.74 Å². The van der Waals surface area contributed by atoms with Gasteiger partial charge in [-0.3, -0.25) is 9.59 Å². The van der Waals surface area contributed by atoms with Gasteiger partial charge in [0, 0.05) is 24.2 Å². The lowest BCUT2D eigenvalue weighted by atomic mass is 9.85. The molecule has 0 aliphatic carbocycles. The highest BCUT2D eigenvalue weighted by molar-refractivity contribution is 6.04. The molecule has 2 aromatic heterocycles. The van der Waals surface area contributed by atoms with E-state index >= 15 is 0 Å². The Morgan fingerprint density at radius 1 is 1.03 bits per heavy atom. The second kappa shape index (κ2) is 11.5. The average Bonchev–Trinajstić information content (AvgIpc) is 3.25. The van der Waals surface area contributed by atoms with Crippen molar-refractivity contribution in [1.82, 2.24) is 9.38 Å². The number of hydrogen-bond acceptors (Lipinski definition) is 5. The molecule has 38 heavy (non-hydrogen) atoms. The summed E-state index contributed by atoms with van der Waals surface area (Å²) < 4.78 is 38.7. The summed E-state index contributed by atoms with van der Waals surface area (Å²) in [7, 11) is 0. The monoisotopic (exact) mass is 523 g/mol. The van der Waals surface area contributed by atoms with E-state index in [1.54, 1.807) is 71.4 Å². The first-order valence-electron chi connectivity index (χ1n) is 11.2. The zero-order valence-corrected chi connectivity index (χ0v) is 20.7. The molecule has 0 saturated carbocycles. The van der Waals surface area contributed by atoms with Gasteiger partial charge in [-0.25, -0.2) is 4.98 Å². The quantitative estimate of drug-likeness (QED) is 0.276. The number of amides is 2. The number of fused-ring (bicyclic) bond motifs is 1. The molecule has 2 heterocycles. The normalized spacial score (nSPS) is 11.1. The number of nitriles is 1. The van der Waals surface area contributed by atoms with E-state index in [-0.39, 0.29) is 12.8 Å². The number of imidazole rings is 1. The number of rotatable bonds is 7. The lowest BCUT2D eigenvalue weighted by Gasteiger charge is -2.16. The number of carbonyl (C=O) groups is 2. The smallest absolute Gasteiger partial charge is 0.386 e. The molecular formula is C27H24F3N5O3. The van der Waals surface area contributed by atoms with Crippen LogP contribution in [-0.2, 0) is 10.2 Å². The first-order chi connectivity index (χ1) is 17.9. The maximum atomic E-state index is 12.8. The van der Waals surface area contributed by atoms with Crippen LogP contribution in [0, 0.1) is 11.3 Å². The van der Waals surface area contributed by atoms with E-state index in [0.29, 0.717) is 40.6 Å².